The molecule has 0 saturated heterocycles. The number of rotatable bonds is 6. The standard InChI is InChI=1S/C52H33N3O/c1-3-13-42-34(10-1)12-9-16-43(42)35-20-22-36(23-21-35)46-33-47(37-24-26-38(27-25-37)51-32-40-11-2-8-19-50(40)56-51)54-52(53-46)39-28-30-41(31-29-39)55-48-17-6-4-14-44(48)45-15-5-7-18-49(45)55/h1-33H. The van der Waals surface area contributed by atoms with Crippen LogP contribution in [-0.4, -0.2) is 14.5 Å². The molecular weight excluding hydrogens is 683 g/mol. The highest BCUT2D eigenvalue weighted by Crippen LogP contribution is 2.36. The zero-order valence-electron chi connectivity index (χ0n) is 30.3. The van der Waals surface area contributed by atoms with Crippen molar-refractivity contribution in [2.24, 2.45) is 0 Å². The number of benzene rings is 8. The predicted octanol–water partition coefficient (Wildman–Crippen LogP) is 13.8. The molecule has 3 heterocycles. The summed E-state index contributed by atoms with van der Waals surface area (Å²) in [7, 11) is 0. The Bertz CT molecular complexity index is 3140. The van der Waals surface area contributed by atoms with Gasteiger partial charge in [-0.15, -0.1) is 0 Å². The van der Waals surface area contributed by atoms with E-state index in [1.807, 2.05) is 18.2 Å². The van der Waals surface area contributed by atoms with E-state index in [1.54, 1.807) is 0 Å². The maximum atomic E-state index is 6.18. The molecule has 4 nitrogen and oxygen atoms in total. The second-order valence-electron chi connectivity index (χ2n) is 14.2. The fraction of sp³-hybridized carbons (Fsp3) is 0. The summed E-state index contributed by atoms with van der Waals surface area (Å²) in [6, 6.07) is 70.3. The summed E-state index contributed by atoms with van der Waals surface area (Å²) in [4.78, 5) is 10.4. The SMILES string of the molecule is c1ccc2oc(-c3ccc(-c4cc(-c5ccc(-c6cccc7ccccc67)cc5)nc(-c5ccc(-n6c7ccccc7c7ccccc76)cc5)n4)cc3)cc2c1. The first-order valence-electron chi connectivity index (χ1n) is 18.9. The maximum absolute atomic E-state index is 6.18. The molecular formula is C52H33N3O. The van der Waals surface area contributed by atoms with Gasteiger partial charge in [0.2, 0.25) is 0 Å². The van der Waals surface area contributed by atoms with Crippen molar-refractivity contribution in [3.8, 4) is 62.0 Å². The van der Waals surface area contributed by atoms with Crippen molar-refractivity contribution in [1.82, 2.24) is 14.5 Å². The molecule has 0 fully saturated rings. The molecule has 0 spiro atoms. The third-order valence-electron chi connectivity index (χ3n) is 10.9. The summed E-state index contributed by atoms with van der Waals surface area (Å²) in [5.74, 6) is 1.52. The van der Waals surface area contributed by atoms with Gasteiger partial charge in [-0.2, -0.15) is 0 Å². The van der Waals surface area contributed by atoms with Gasteiger partial charge in [0.1, 0.15) is 11.3 Å². The van der Waals surface area contributed by atoms with Gasteiger partial charge in [-0.05, 0) is 76.5 Å². The number of fused-ring (bicyclic) bond motifs is 5. The number of hydrogen-bond acceptors (Lipinski definition) is 3. The second kappa shape index (κ2) is 13.1. The van der Waals surface area contributed by atoms with Crippen LogP contribution in [0.25, 0.3) is 106 Å². The highest BCUT2D eigenvalue weighted by Gasteiger charge is 2.15. The van der Waals surface area contributed by atoms with Crippen LogP contribution >= 0.6 is 0 Å². The molecule has 56 heavy (non-hydrogen) atoms. The largest absolute Gasteiger partial charge is 0.456 e. The Morgan fingerprint density at radius 2 is 0.893 bits per heavy atom. The number of aromatic nitrogens is 3. The van der Waals surface area contributed by atoms with E-state index in [0.29, 0.717) is 5.82 Å². The van der Waals surface area contributed by atoms with Crippen LogP contribution < -0.4 is 0 Å². The fourth-order valence-electron chi connectivity index (χ4n) is 8.06. The lowest BCUT2D eigenvalue weighted by molar-refractivity contribution is 0.631. The van der Waals surface area contributed by atoms with E-state index in [-0.39, 0.29) is 0 Å². The lowest BCUT2D eigenvalue weighted by Gasteiger charge is -2.12. The van der Waals surface area contributed by atoms with E-state index >= 15 is 0 Å². The molecule has 4 heteroatoms. The number of para-hydroxylation sites is 3. The van der Waals surface area contributed by atoms with Crippen molar-refractivity contribution >= 4 is 43.5 Å². The Kier molecular flexibility index (Phi) is 7.46. The van der Waals surface area contributed by atoms with Gasteiger partial charge in [-0.25, -0.2) is 9.97 Å². The van der Waals surface area contributed by atoms with E-state index in [2.05, 4.69) is 187 Å². The van der Waals surface area contributed by atoms with Crippen molar-refractivity contribution in [2.45, 2.75) is 0 Å². The van der Waals surface area contributed by atoms with Crippen LogP contribution in [-0.2, 0) is 0 Å². The minimum Gasteiger partial charge on any atom is -0.456 e. The molecule has 11 rings (SSSR count). The van der Waals surface area contributed by atoms with Crippen LogP contribution in [0.2, 0.25) is 0 Å². The van der Waals surface area contributed by atoms with Gasteiger partial charge in [0.15, 0.2) is 5.82 Å². The molecule has 0 bridgehead atoms. The van der Waals surface area contributed by atoms with Crippen LogP contribution in [0.3, 0.4) is 0 Å². The first kappa shape index (κ1) is 31.9. The molecule has 0 N–H and O–H groups in total. The summed E-state index contributed by atoms with van der Waals surface area (Å²) < 4.78 is 8.51. The van der Waals surface area contributed by atoms with Gasteiger partial charge in [-0.3, -0.25) is 0 Å². The van der Waals surface area contributed by atoms with E-state index in [1.165, 1.54) is 43.7 Å². The summed E-state index contributed by atoms with van der Waals surface area (Å²) in [6.45, 7) is 0. The van der Waals surface area contributed by atoms with Gasteiger partial charge < -0.3 is 8.98 Å². The molecule has 262 valence electrons. The molecule has 0 aliphatic carbocycles. The Hall–Kier alpha value is -7.56. The van der Waals surface area contributed by atoms with Gasteiger partial charge in [0.25, 0.3) is 0 Å². The first-order valence-corrected chi connectivity index (χ1v) is 18.9. The highest BCUT2D eigenvalue weighted by molar-refractivity contribution is 6.09. The van der Waals surface area contributed by atoms with Gasteiger partial charge >= 0.3 is 0 Å². The van der Waals surface area contributed by atoms with E-state index in [9.17, 15) is 0 Å². The van der Waals surface area contributed by atoms with Gasteiger partial charge in [0, 0.05) is 44.1 Å². The van der Waals surface area contributed by atoms with E-state index in [0.717, 1.165) is 56.1 Å². The van der Waals surface area contributed by atoms with Gasteiger partial charge in [-0.1, -0.05) is 146 Å². The third-order valence-corrected chi connectivity index (χ3v) is 10.9. The minimum absolute atomic E-state index is 0.672. The normalized spacial score (nSPS) is 11.6. The van der Waals surface area contributed by atoms with Crippen molar-refractivity contribution in [1.29, 1.82) is 0 Å². The van der Waals surface area contributed by atoms with Crippen LogP contribution in [0.1, 0.15) is 0 Å². The van der Waals surface area contributed by atoms with Crippen LogP contribution in [0, 0.1) is 0 Å². The number of nitrogens with zero attached hydrogens (tertiary/aromatic N) is 3. The third kappa shape index (κ3) is 5.47. The van der Waals surface area contributed by atoms with Crippen LogP contribution in [0.15, 0.2) is 205 Å². The molecule has 11 aromatic rings. The summed E-state index contributed by atoms with van der Waals surface area (Å²) in [6.07, 6.45) is 0. The molecule has 0 saturated carbocycles. The zero-order valence-corrected chi connectivity index (χ0v) is 30.3. The van der Waals surface area contributed by atoms with Gasteiger partial charge in [0.05, 0.1) is 22.4 Å². The lowest BCUT2D eigenvalue weighted by atomic mass is 9.97. The average Bonchev–Trinajstić information content (AvgIpc) is 3.86. The number of hydrogen-bond donors (Lipinski definition) is 0. The Balaban J connectivity index is 1.00. The Morgan fingerprint density at radius 3 is 1.55 bits per heavy atom. The molecule has 0 atom stereocenters. The minimum atomic E-state index is 0.672. The van der Waals surface area contributed by atoms with Crippen molar-refractivity contribution in [3.63, 3.8) is 0 Å². The van der Waals surface area contributed by atoms with Crippen LogP contribution in [0.4, 0.5) is 0 Å². The van der Waals surface area contributed by atoms with E-state index < -0.39 is 0 Å². The smallest absolute Gasteiger partial charge is 0.160 e. The Morgan fingerprint density at radius 1 is 0.375 bits per heavy atom. The van der Waals surface area contributed by atoms with Crippen molar-refractivity contribution in [2.75, 3.05) is 0 Å². The Labute approximate surface area is 323 Å². The predicted molar refractivity (Wildman–Crippen MR) is 231 cm³/mol. The topological polar surface area (TPSA) is 43.9 Å². The molecule has 8 aromatic carbocycles. The number of furan rings is 1. The molecule has 0 radical (unpaired) electrons. The molecule has 3 aromatic heterocycles. The van der Waals surface area contributed by atoms with Crippen LogP contribution in [0.5, 0.6) is 0 Å². The zero-order chi connectivity index (χ0) is 37.0. The summed E-state index contributed by atoms with van der Waals surface area (Å²) >= 11 is 0. The maximum Gasteiger partial charge on any atom is 0.160 e. The second-order valence-corrected chi connectivity index (χ2v) is 14.2. The lowest BCUT2D eigenvalue weighted by Crippen LogP contribution is -1.97. The first-order chi connectivity index (χ1) is 27.7. The fourth-order valence-corrected chi connectivity index (χ4v) is 8.06. The quantitative estimate of drug-likeness (QED) is 0.172. The molecule has 0 amide bonds. The summed E-state index contributed by atoms with van der Waals surface area (Å²) in [5, 5.41) is 6.04. The molecule has 0 aliphatic rings. The van der Waals surface area contributed by atoms with Crippen molar-refractivity contribution in [3.05, 3.63) is 200 Å². The molecule has 0 aliphatic heterocycles. The van der Waals surface area contributed by atoms with E-state index in [4.69, 9.17) is 14.4 Å². The molecule has 0 unspecified atom stereocenters. The van der Waals surface area contributed by atoms with Crippen molar-refractivity contribution < 1.29 is 4.42 Å². The highest BCUT2D eigenvalue weighted by atomic mass is 16.3. The average molecular weight is 716 g/mol. The summed E-state index contributed by atoms with van der Waals surface area (Å²) in [5.41, 5.74) is 12.4. The monoisotopic (exact) mass is 715 g/mol.